The fraction of sp³-hybridized carbons (Fsp3) is 0.250. The smallest absolute Gasteiger partial charge is 0.266 e. The van der Waals surface area contributed by atoms with Gasteiger partial charge in [-0.3, -0.25) is 14.2 Å². The number of methoxy groups -OCH3 is 3. The van der Waals surface area contributed by atoms with Crippen molar-refractivity contribution in [2.24, 2.45) is 0 Å². The average molecular weight is 488 g/mol. The van der Waals surface area contributed by atoms with Gasteiger partial charge in [-0.15, -0.1) is 0 Å². The molecule has 186 valence electrons. The molecule has 8 nitrogen and oxygen atoms in total. The topological polar surface area (TPSA) is 82.9 Å². The monoisotopic (exact) mass is 487 g/mol. The molecule has 1 atom stereocenters. The lowest BCUT2D eigenvalue weighted by molar-refractivity contribution is 0.0605. The van der Waals surface area contributed by atoms with Crippen molar-refractivity contribution in [3.05, 3.63) is 94.5 Å². The van der Waals surface area contributed by atoms with Crippen molar-refractivity contribution in [3.63, 3.8) is 0 Å². The van der Waals surface area contributed by atoms with Gasteiger partial charge in [0.05, 0.1) is 43.5 Å². The summed E-state index contributed by atoms with van der Waals surface area (Å²) < 4.78 is 17.5. The van der Waals surface area contributed by atoms with Crippen LogP contribution in [0.15, 0.2) is 77.6 Å². The first-order valence-corrected chi connectivity index (χ1v) is 11.6. The molecule has 0 bridgehead atoms. The van der Waals surface area contributed by atoms with Gasteiger partial charge in [0, 0.05) is 19.2 Å². The van der Waals surface area contributed by atoms with Gasteiger partial charge >= 0.3 is 0 Å². The van der Waals surface area contributed by atoms with E-state index in [0.717, 1.165) is 0 Å². The van der Waals surface area contributed by atoms with Crippen LogP contribution < -0.4 is 15.0 Å². The molecule has 0 N–H and O–H groups in total. The fourth-order valence-electron chi connectivity index (χ4n) is 4.13. The Kier molecular flexibility index (Phi) is 7.65. The minimum Gasteiger partial charge on any atom is -0.497 e. The third-order valence-corrected chi connectivity index (χ3v) is 6.09. The summed E-state index contributed by atoms with van der Waals surface area (Å²) in [6, 6.07) is 20.8. The number of ether oxygens (including phenoxy) is 3. The maximum atomic E-state index is 13.7. The molecule has 1 aromatic heterocycles. The molecule has 36 heavy (non-hydrogen) atoms. The first kappa shape index (κ1) is 24.9. The van der Waals surface area contributed by atoms with Gasteiger partial charge in [-0.2, -0.15) is 0 Å². The third kappa shape index (κ3) is 4.94. The van der Waals surface area contributed by atoms with E-state index in [1.165, 1.54) is 0 Å². The first-order chi connectivity index (χ1) is 17.5. The summed E-state index contributed by atoms with van der Waals surface area (Å²) >= 11 is 0. The summed E-state index contributed by atoms with van der Waals surface area (Å²) in [6.45, 7) is 2.49. The minimum atomic E-state index is -0.557. The minimum absolute atomic E-state index is 0.215. The van der Waals surface area contributed by atoms with Crippen molar-refractivity contribution < 1.29 is 19.0 Å². The molecule has 1 amide bonds. The number of para-hydroxylation sites is 1. The van der Waals surface area contributed by atoms with Gasteiger partial charge in [0.2, 0.25) is 0 Å². The molecule has 0 saturated carbocycles. The standard InChI is InChI=1S/C28H29N3O5/c1-19(30(16-17-34-2)27(32)20-8-7-9-23(18-20)36-4)26-29-25-11-6-5-10-24(25)28(33)31(26)21-12-14-22(35-3)15-13-21/h5-15,18-19H,16-17H2,1-4H3. The van der Waals surface area contributed by atoms with Gasteiger partial charge in [0.15, 0.2) is 0 Å². The molecular weight excluding hydrogens is 458 g/mol. The van der Waals surface area contributed by atoms with E-state index in [2.05, 4.69) is 0 Å². The molecule has 0 aliphatic heterocycles. The van der Waals surface area contributed by atoms with Gasteiger partial charge < -0.3 is 19.1 Å². The maximum absolute atomic E-state index is 13.7. The maximum Gasteiger partial charge on any atom is 0.266 e. The predicted octanol–water partition coefficient (Wildman–Crippen LogP) is 4.25. The van der Waals surface area contributed by atoms with Crippen molar-refractivity contribution >= 4 is 16.8 Å². The number of carbonyl (C=O) groups excluding carboxylic acids is 1. The van der Waals surface area contributed by atoms with E-state index in [4.69, 9.17) is 19.2 Å². The van der Waals surface area contributed by atoms with Crippen LogP contribution in [0.25, 0.3) is 16.6 Å². The quantitative estimate of drug-likeness (QED) is 0.351. The molecule has 0 saturated heterocycles. The van der Waals surface area contributed by atoms with Crippen LogP contribution in [0.2, 0.25) is 0 Å². The Morgan fingerprint density at radius 3 is 2.36 bits per heavy atom. The second-order valence-electron chi connectivity index (χ2n) is 8.23. The van der Waals surface area contributed by atoms with E-state index >= 15 is 0 Å². The number of hydrogen-bond donors (Lipinski definition) is 0. The van der Waals surface area contributed by atoms with Crippen molar-refractivity contribution in [1.82, 2.24) is 14.5 Å². The first-order valence-electron chi connectivity index (χ1n) is 11.6. The Balaban J connectivity index is 1.88. The van der Waals surface area contributed by atoms with Crippen molar-refractivity contribution in [3.8, 4) is 17.2 Å². The molecule has 4 aromatic rings. The van der Waals surface area contributed by atoms with Crippen LogP contribution in [-0.4, -0.2) is 54.8 Å². The highest BCUT2D eigenvalue weighted by Crippen LogP contribution is 2.26. The molecule has 8 heteroatoms. The molecular formula is C28H29N3O5. The number of aromatic nitrogens is 2. The van der Waals surface area contributed by atoms with Crippen LogP contribution in [-0.2, 0) is 4.74 Å². The summed E-state index contributed by atoms with van der Waals surface area (Å²) in [5.74, 6) is 1.47. The van der Waals surface area contributed by atoms with Crippen LogP contribution >= 0.6 is 0 Å². The highest BCUT2D eigenvalue weighted by Gasteiger charge is 2.28. The van der Waals surface area contributed by atoms with Gasteiger partial charge in [-0.25, -0.2) is 4.98 Å². The van der Waals surface area contributed by atoms with Crippen molar-refractivity contribution in [2.45, 2.75) is 13.0 Å². The average Bonchev–Trinajstić information content (AvgIpc) is 2.93. The van der Waals surface area contributed by atoms with Crippen molar-refractivity contribution in [1.29, 1.82) is 0 Å². The molecule has 3 aromatic carbocycles. The summed E-state index contributed by atoms with van der Waals surface area (Å²) in [7, 11) is 4.73. The number of amides is 1. The second kappa shape index (κ2) is 11.0. The molecule has 0 radical (unpaired) electrons. The molecule has 0 aliphatic carbocycles. The summed E-state index contributed by atoms with van der Waals surface area (Å²) in [6.07, 6.45) is 0. The van der Waals surface area contributed by atoms with Crippen LogP contribution in [0.4, 0.5) is 0 Å². The molecule has 0 fully saturated rings. The molecule has 0 spiro atoms. The lowest BCUT2D eigenvalue weighted by Gasteiger charge is -2.30. The van der Waals surface area contributed by atoms with E-state index in [9.17, 15) is 9.59 Å². The van der Waals surface area contributed by atoms with Gasteiger partial charge in [0.1, 0.15) is 17.3 Å². The highest BCUT2D eigenvalue weighted by molar-refractivity contribution is 5.95. The molecule has 1 unspecified atom stereocenters. The predicted molar refractivity (Wildman–Crippen MR) is 138 cm³/mol. The van der Waals surface area contributed by atoms with E-state index in [1.807, 2.05) is 19.1 Å². The lowest BCUT2D eigenvalue weighted by Crippen LogP contribution is -2.39. The third-order valence-electron chi connectivity index (χ3n) is 6.09. The van der Waals surface area contributed by atoms with E-state index in [-0.39, 0.29) is 11.5 Å². The fourth-order valence-corrected chi connectivity index (χ4v) is 4.13. The molecule has 1 heterocycles. The lowest BCUT2D eigenvalue weighted by atomic mass is 10.1. The Morgan fingerprint density at radius 1 is 0.944 bits per heavy atom. The van der Waals surface area contributed by atoms with E-state index in [1.54, 1.807) is 91.5 Å². The second-order valence-corrected chi connectivity index (χ2v) is 8.23. The van der Waals surface area contributed by atoms with Crippen LogP contribution in [0, 0.1) is 0 Å². The largest absolute Gasteiger partial charge is 0.497 e. The molecule has 4 rings (SSSR count). The van der Waals surface area contributed by atoms with Gasteiger partial charge in [-0.05, 0) is 61.5 Å². The van der Waals surface area contributed by atoms with Gasteiger partial charge in [-0.1, -0.05) is 18.2 Å². The summed E-state index contributed by atoms with van der Waals surface area (Å²) in [4.78, 5) is 33.9. The van der Waals surface area contributed by atoms with Gasteiger partial charge in [0.25, 0.3) is 11.5 Å². The number of fused-ring (bicyclic) bond motifs is 1. The van der Waals surface area contributed by atoms with E-state index < -0.39 is 6.04 Å². The number of rotatable bonds is 9. The van der Waals surface area contributed by atoms with Crippen LogP contribution in [0.3, 0.4) is 0 Å². The number of carbonyl (C=O) groups is 1. The van der Waals surface area contributed by atoms with Crippen LogP contribution in [0.1, 0.15) is 29.1 Å². The number of nitrogens with zero attached hydrogens (tertiary/aromatic N) is 3. The summed E-state index contributed by atoms with van der Waals surface area (Å²) in [5.41, 5.74) is 1.45. The Hall–Kier alpha value is -4.17. The highest BCUT2D eigenvalue weighted by atomic mass is 16.5. The Bertz CT molecular complexity index is 1420. The number of hydrogen-bond acceptors (Lipinski definition) is 6. The Morgan fingerprint density at radius 2 is 1.67 bits per heavy atom. The zero-order valence-corrected chi connectivity index (χ0v) is 20.8. The normalized spacial score (nSPS) is 11.8. The summed E-state index contributed by atoms with van der Waals surface area (Å²) in [5, 5.41) is 0.492. The Labute approximate surface area is 209 Å². The zero-order valence-electron chi connectivity index (χ0n) is 20.8. The SMILES string of the molecule is COCCN(C(=O)c1cccc(OC)c1)C(C)c1nc2ccccc2c(=O)n1-c1ccc(OC)cc1. The van der Waals surface area contributed by atoms with Crippen LogP contribution in [0.5, 0.6) is 11.5 Å². The number of benzene rings is 3. The molecule has 0 aliphatic rings. The zero-order chi connectivity index (χ0) is 25.7. The van der Waals surface area contributed by atoms with Crippen molar-refractivity contribution in [2.75, 3.05) is 34.5 Å². The van der Waals surface area contributed by atoms with E-state index in [0.29, 0.717) is 52.6 Å².